The monoisotopic (exact) mass is 308 g/mol. The smallest absolute Gasteiger partial charge is 0.0409 e. The highest BCUT2D eigenvalue weighted by atomic mass is 35.5. The number of benzene rings is 1. The van der Waals surface area contributed by atoms with E-state index in [0.717, 1.165) is 23.4 Å². The predicted molar refractivity (Wildman–Crippen MR) is 91.6 cm³/mol. The van der Waals surface area contributed by atoms with Crippen LogP contribution in [-0.4, -0.2) is 24.5 Å². The van der Waals surface area contributed by atoms with Crippen molar-refractivity contribution in [3.8, 4) is 0 Å². The van der Waals surface area contributed by atoms with Gasteiger partial charge in [0.05, 0.1) is 0 Å². The van der Waals surface area contributed by atoms with Crippen molar-refractivity contribution in [3.05, 3.63) is 34.9 Å². The van der Waals surface area contributed by atoms with Crippen molar-refractivity contribution in [2.45, 2.75) is 51.6 Å². The minimum Gasteiger partial charge on any atom is -0.329 e. The SMILES string of the molecule is CC1CCC(C(CN)N(C)C(C)c2cccc(Cl)c2)CC1. The first kappa shape index (κ1) is 16.8. The second-order valence-corrected chi connectivity index (χ2v) is 7.16. The second-order valence-electron chi connectivity index (χ2n) is 6.72. The van der Waals surface area contributed by atoms with Crippen LogP contribution in [0.3, 0.4) is 0 Å². The van der Waals surface area contributed by atoms with Crippen molar-refractivity contribution >= 4 is 11.6 Å². The molecule has 0 aliphatic heterocycles. The van der Waals surface area contributed by atoms with Gasteiger partial charge in [-0.3, -0.25) is 4.90 Å². The van der Waals surface area contributed by atoms with E-state index in [0.29, 0.717) is 12.1 Å². The lowest BCUT2D eigenvalue weighted by Crippen LogP contribution is -2.45. The van der Waals surface area contributed by atoms with Gasteiger partial charge in [-0.05, 0) is 56.3 Å². The molecule has 118 valence electrons. The topological polar surface area (TPSA) is 29.3 Å². The highest BCUT2D eigenvalue weighted by Crippen LogP contribution is 2.34. The molecule has 2 N–H and O–H groups in total. The average molecular weight is 309 g/mol. The van der Waals surface area contributed by atoms with Gasteiger partial charge < -0.3 is 5.73 Å². The summed E-state index contributed by atoms with van der Waals surface area (Å²) in [6.45, 7) is 5.35. The standard InChI is InChI=1S/C18H29ClN2/c1-13-7-9-15(10-8-13)18(12-20)21(3)14(2)16-5-4-6-17(19)11-16/h4-6,11,13-15,18H,7-10,12,20H2,1-3H3. The largest absolute Gasteiger partial charge is 0.329 e. The van der Waals surface area contributed by atoms with Gasteiger partial charge in [0.25, 0.3) is 0 Å². The first-order valence-corrected chi connectivity index (χ1v) is 8.58. The van der Waals surface area contributed by atoms with Gasteiger partial charge in [-0.2, -0.15) is 0 Å². The molecule has 0 bridgehead atoms. The fourth-order valence-corrected chi connectivity index (χ4v) is 3.85. The molecule has 2 nitrogen and oxygen atoms in total. The van der Waals surface area contributed by atoms with Crippen LogP contribution >= 0.6 is 11.6 Å². The molecule has 3 heteroatoms. The van der Waals surface area contributed by atoms with E-state index in [-0.39, 0.29) is 0 Å². The van der Waals surface area contributed by atoms with Crippen molar-refractivity contribution in [2.75, 3.05) is 13.6 Å². The molecule has 21 heavy (non-hydrogen) atoms. The molecule has 0 heterocycles. The molecular weight excluding hydrogens is 280 g/mol. The maximum atomic E-state index is 6.13. The summed E-state index contributed by atoms with van der Waals surface area (Å²) in [6, 6.07) is 8.99. The molecule has 2 unspecified atom stereocenters. The minimum absolute atomic E-state index is 0.344. The molecule has 0 amide bonds. The van der Waals surface area contributed by atoms with Crippen LogP contribution in [0.4, 0.5) is 0 Å². The number of hydrogen-bond donors (Lipinski definition) is 1. The van der Waals surface area contributed by atoms with E-state index >= 15 is 0 Å². The number of nitrogens with two attached hydrogens (primary N) is 1. The van der Waals surface area contributed by atoms with E-state index in [2.05, 4.69) is 37.9 Å². The Hall–Kier alpha value is -0.570. The van der Waals surface area contributed by atoms with Gasteiger partial charge in [0, 0.05) is 23.7 Å². The first-order valence-electron chi connectivity index (χ1n) is 8.20. The van der Waals surface area contributed by atoms with Crippen LogP contribution in [0.5, 0.6) is 0 Å². The van der Waals surface area contributed by atoms with Crippen LogP contribution in [0.25, 0.3) is 0 Å². The van der Waals surface area contributed by atoms with E-state index in [1.165, 1.54) is 31.2 Å². The Bertz CT molecular complexity index is 441. The summed E-state index contributed by atoms with van der Waals surface area (Å²) in [6.07, 6.45) is 5.33. The lowest BCUT2D eigenvalue weighted by molar-refractivity contribution is 0.104. The van der Waals surface area contributed by atoms with Crippen molar-refractivity contribution in [2.24, 2.45) is 17.6 Å². The van der Waals surface area contributed by atoms with Crippen LogP contribution < -0.4 is 5.73 Å². The fraction of sp³-hybridized carbons (Fsp3) is 0.667. The Morgan fingerprint density at radius 3 is 2.52 bits per heavy atom. The quantitative estimate of drug-likeness (QED) is 0.868. The second kappa shape index (κ2) is 7.62. The zero-order valence-electron chi connectivity index (χ0n) is 13.6. The van der Waals surface area contributed by atoms with Crippen molar-refractivity contribution in [1.82, 2.24) is 4.90 Å². The summed E-state index contributed by atoms with van der Waals surface area (Å²) >= 11 is 6.13. The molecule has 1 aliphatic carbocycles. The van der Waals surface area contributed by atoms with Crippen molar-refractivity contribution < 1.29 is 0 Å². The van der Waals surface area contributed by atoms with E-state index in [9.17, 15) is 0 Å². The van der Waals surface area contributed by atoms with Gasteiger partial charge in [-0.25, -0.2) is 0 Å². The van der Waals surface area contributed by atoms with E-state index in [1.54, 1.807) is 0 Å². The summed E-state index contributed by atoms with van der Waals surface area (Å²) in [5, 5.41) is 0.809. The maximum absolute atomic E-state index is 6.13. The zero-order chi connectivity index (χ0) is 15.4. The minimum atomic E-state index is 0.344. The molecule has 0 spiro atoms. The molecule has 1 fully saturated rings. The Labute approximate surface area is 134 Å². The number of hydrogen-bond acceptors (Lipinski definition) is 2. The Kier molecular flexibility index (Phi) is 6.09. The zero-order valence-corrected chi connectivity index (χ0v) is 14.3. The number of likely N-dealkylation sites (N-methyl/N-ethyl adjacent to an activating group) is 1. The molecular formula is C18H29ClN2. The van der Waals surface area contributed by atoms with Crippen LogP contribution in [0.2, 0.25) is 5.02 Å². The summed E-state index contributed by atoms with van der Waals surface area (Å²) in [5.41, 5.74) is 7.39. The Morgan fingerprint density at radius 1 is 1.29 bits per heavy atom. The van der Waals surface area contributed by atoms with E-state index < -0.39 is 0 Å². The van der Waals surface area contributed by atoms with Crippen molar-refractivity contribution in [1.29, 1.82) is 0 Å². The third kappa shape index (κ3) is 4.21. The van der Waals surface area contributed by atoms with Gasteiger partial charge in [0.1, 0.15) is 0 Å². The van der Waals surface area contributed by atoms with Gasteiger partial charge in [-0.15, -0.1) is 0 Å². The van der Waals surface area contributed by atoms with Crippen LogP contribution in [0, 0.1) is 11.8 Å². The number of rotatable bonds is 5. The summed E-state index contributed by atoms with van der Waals surface area (Å²) in [4.78, 5) is 2.45. The summed E-state index contributed by atoms with van der Waals surface area (Å²) in [7, 11) is 2.21. The van der Waals surface area contributed by atoms with Crippen LogP contribution in [0.15, 0.2) is 24.3 Å². The van der Waals surface area contributed by atoms with E-state index in [1.807, 2.05) is 12.1 Å². The molecule has 0 aromatic heterocycles. The number of nitrogens with zero attached hydrogens (tertiary/aromatic N) is 1. The highest BCUT2D eigenvalue weighted by molar-refractivity contribution is 6.30. The summed E-state index contributed by atoms with van der Waals surface area (Å²) < 4.78 is 0. The van der Waals surface area contributed by atoms with Gasteiger partial charge >= 0.3 is 0 Å². The third-order valence-electron chi connectivity index (χ3n) is 5.31. The maximum Gasteiger partial charge on any atom is 0.0409 e. The lowest BCUT2D eigenvalue weighted by Gasteiger charge is -2.40. The van der Waals surface area contributed by atoms with Crippen LogP contribution in [0.1, 0.15) is 51.1 Å². The fourth-order valence-electron chi connectivity index (χ4n) is 3.65. The van der Waals surface area contributed by atoms with Crippen molar-refractivity contribution in [3.63, 3.8) is 0 Å². The van der Waals surface area contributed by atoms with Gasteiger partial charge in [0.15, 0.2) is 0 Å². The Morgan fingerprint density at radius 2 is 1.95 bits per heavy atom. The predicted octanol–water partition coefficient (Wildman–Crippen LogP) is 4.49. The molecule has 1 saturated carbocycles. The Balaban J connectivity index is 2.06. The normalized spacial score (nSPS) is 25.8. The first-order chi connectivity index (χ1) is 10.0. The highest BCUT2D eigenvalue weighted by Gasteiger charge is 2.30. The molecule has 1 aliphatic rings. The lowest BCUT2D eigenvalue weighted by atomic mass is 9.78. The molecule has 0 radical (unpaired) electrons. The molecule has 0 saturated heterocycles. The van der Waals surface area contributed by atoms with Crippen LogP contribution in [-0.2, 0) is 0 Å². The van der Waals surface area contributed by atoms with Gasteiger partial charge in [-0.1, -0.05) is 43.5 Å². The summed E-state index contributed by atoms with van der Waals surface area (Å²) in [5.74, 6) is 1.62. The molecule has 1 aromatic carbocycles. The molecule has 2 rings (SSSR count). The van der Waals surface area contributed by atoms with E-state index in [4.69, 9.17) is 17.3 Å². The molecule has 1 aromatic rings. The molecule has 2 atom stereocenters. The van der Waals surface area contributed by atoms with Gasteiger partial charge in [0.2, 0.25) is 0 Å². The average Bonchev–Trinajstić information content (AvgIpc) is 2.49. The third-order valence-corrected chi connectivity index (χ3v) is 5.55. The number of halogens is 1.